The van der Waals surface area contributed by atoms with Crippen LogP contribution in [0.2, 0.25) is 0 Å². The number of aromatic nitrogens is 1. The number of nitrogens with one attached hydrogen (secondary N) is 1. The first kappa shape index (κ1) is 22.1. The lowest BCUT2D eigenvalue weighted by atomic mass is 10.2. The molecular formula is C22H21F3N4O2S. The topological polar surface area (TPSA) is 65.5 Å². The molecule has 1 saturated heterocycles. The van der Waals surface area contributed by atoms with Gasteiger partial charge >= 0.3 is 0 Å². The molecule has 3 aromatic rings. The third kappa shape index (κ3) is 5.20. The van der Waals surface area contributed by atoms with E-state index in [-0.39, 0.29) is 4.90 Å². The SMILES string of the molecule is O=S(=O)(Nc1ccc(N2CCN(Cc3ccc(F)cc3F)CC2)nc1)c1ccc(F)cc1. The molecule has 0 unspecified atom stereocenters. The highest BCUT2D eigenvalue weighted by molar-refractivity contribution is 7.92. The zero-order valence-corrected chi connectivity index (χ0v) is 17.8. The van der Waals surface area contributed by atoms with E-state index in [0.29, 0.717) is 49.8 Å². The van der Waals surface area contributed by atoms with Gasteiger partial charge in [0.05, 0.1) is 16.8 Å². The fourth-order valence-electron chi connectivity index (χ4n) is 3.49. The van der Waals surface area contributed by atoms with Crippen LogP contribution in [0, 0.1) is 17.5 Å². The molecular weight excluding hydrogens is 441 g/mol. The Morgan fingerprint density at radius 1 is 0.875 bits per heavy atom. The van der Waals surface area contributed by atoms with Gasteiger partial charge in [-0.2, -0.15) is 0 Å². The van der Waals surface area contributed by atoms with Crippen LogP contribution in [0.5, 0.6) is 0 Å². The molecule has 1 aliphatic heterocycles. The van der Waals surface area contributed by atoms with E-state index in [4.69, 9.17) is 0 Å². The van der Waals surface area contributed by atoms with Gasteiger partial charge in [0, 0.05) is 44.4 Å². The van der Waals surface area contributed by atoms with Crippen LogP contribution in [0.15, 0.2) is 65.7 Å². The molecule has 0 aliphatic carbocycles. The summed E-state index contributed by atoms with van der Waals surface area (Å²) in [5, 5.41) is 0. The number of pyridine rings is 1. The zero-order chi connectivity index (χ0) is 22.7. The van der Waals surface area contributed by atoms with Crippen LogP contribution in [-0.2, 0) is 16.6 Å². The first-order valence-corrected chi connectivity index (χ1v) is 11.4. The largest absolute Gasteiger partial charge is 0.354 e. The molecule has 6 nitrogen and oxygen atoms in total. The van der Waals surface area contributed by atoms with Crippen molar-refractivity contribution in [3.8, 4) is 0 Å². The molecule has 0 atom stereocenters. The number of halogens is 3. The maximum Gasteiger partial charge on any atom is 0.261 e. The molecule has 0 radical (unpaired) electrons. The van der Waals surface area contributed by atoms with Crippen LogP contribution in [-0.4, -0.2) is 44.5 Å². The van der Waals surface area contributed by atoms with Crippen molar-refractivity contribution in [3.05, 3.63) is 83.8 Å². The number of nitrogens with zero attached hydrogens (tertiary/aromatic N) is 3. The van der Waals surface area contributed by atoms with Crippen molar-refractivity contribution < 1.29 is 21.6 Å². The molecule has 1 aliphatic rings. The highest BCUT2D eigenvalue weighted by atomic mass is 32.2. The quantitative estimate of drug-likeness (QED) is 0.606. The standard InChI is InChI=1S/C22H21F3N4O2S/c23-17-3-6-20(7-4-17)32(30,31)27-19-5-8-22(26-14-19)29-11-9-28(10-12-29)15-16-1-2-18(24)13-21(16)25/h1-8,13-14,27H,9-12,15H2. The molecule has 4 rings (SSSR count). The Labute approximate surface area is 184 Å². The number of hydrogen-bond donors (Lipinski definition) is 1. The van der Waals surface area contributed by atoms with Gasteiger partial charge in [-0.1, -0.05) is 6.07 Å². The molecule has 10 heteroatoms. The predicted molar refractivity (Wildman–Crippen MR) is 115 cm³/mol. The van der Waals surface area contributed by atoms with Crippen LogP contribution >= 0.6 is 0 Å². The Hall–Kier alpha value is -3.11. The van der Waals surface area contributed by atoms with Gasteiger partial charge in [0.15, 0.2) is 0 Å². The summed E-state index contributed by atoms with van der Waals surface area (Å²) >= 11 is 0. The minimum absolute atomic E-state index is 0.0447. The van der Waals surface area contributed by atoms with Crippen LogP contribution in [0.1, 0.15) is 5.56 Å². The monoisotopic (exact) mass is 462 g/mol. The average Bonchev–Trinajstić information content (AvgIpc) is 2.77. The Morgan fingerprint density at radius 3 is 2.19 bits per heavy atom. The molecule has 32 heavy (non-hydrogen) atoms. The molecule has 1 N–H and O–H groups in total. The minimum Gasteiger partial charge on any atom is -0.354 e. The second-order valence-corrected chi connectivity index (χ2v) is 9.15. The number of sulfonamides is 1. The maximum atomic E-state index is 13.9. The molecule has 0 saturated carbocycles. The van der Waals surface area contributed by atoms with Crippen molar-refractivity contribution in [2.45, 2.75) is 11.4 Å². The summed E-state index contributed by atoms with van der Waals surface area (Å²) in [6.45, 7) is 3.08. The van der Waals surface area contributed by atoms with Gasteiger partial charge in [0.25, 0.3) is 10.0 Å². The smallest absolute Gasteiger partial charge is 0.261 e. The van der Waals surface area contributed by atoms with Crippen molar-refractivity contribution in [1.29, 1.82) is 0 Å². The van der Waals surface area contributed by atoms with Gasteiger partial charge < -0.3 is 4.90 Å². The van der Waals surface area contributed by atoms with E-state index in [1.807, 2.05) is 0 Å². The summed E-state index contributed by atoms with van der Waals surface area (Å²) in [6.07, 6.45) is 1.43. The molecule has 1 aromatic heterocycles. The lowest BCUT2D eigenvalue weighted by Gasteiger charge is -2.35. The zero-order valence-electron chi connectivity index (χ0n) is 17.0. The second-order valence-electron chi connectivity index (χ2n) is 7.46. The van der Waals surface area contributed by atoms with Crippen LogP contribution in [0.4, 0.5) is 24.7 Å². The summed E-state index contributed by atoms with van der Waals surface area (Å²) < 4.78 is 67.2. The second kappa shape index (κ2) is 9.17. The lowest BCUT2D eigenvalue weighted by molar-refractivity contribution is 0.246. The third-order valence-corrected chi connectivity index (χ3v) is 6.63. The van der Waals surface area contributed by atoms with Crippen LogP contribution in [0.3, 0.4) is 0 Å². The first-order valence-electron chi connectivity index (χ1n) is 9.96. The Balaban J connectivity index is 1.34. The van der Waals surface area contributed by atoms with E-state index < -0.39 is 27.5 Å². The molecule has 0 bridgehead atoms. The third-order valence-electron chi connectivity index (χ3n) is 5.23. The summed E-state index contributed by atoms with van der Waals surface area (Å²) in [5.74, 6) is -0.960. The van der Waals surface area contributed by atoms with Gasteiger partial charge in [0.2, 0.25) is 0 Å². The van der Waals surface area contributed by atoms with Crippen LogP contribution in [0.25, 0.3) is 0 Å². The van der Waals surface area contributed by atoms with E-state index >= 15 is 0 Å². The fraction of sp³-hybridized carbons (Fsp3) is 0.227. The van der Waals surface area contributed by atoms with E-state index in [2.05, 4.69) is 19.5 Å². The lowest BCUT2D eigenvalue weighted by Crippen LogP contribution is -2.46. The molecule has 1 fully saturated rings. The van der Waals surface area contributed by atoms with Gasteiger partial charge in [0.1, 0.15) is 23.3 Å². The van der Waals surface area contributed by atoms with Crippen molar-refractivity contribution in [2.24, 2.45) is 0 Å². The number of hydrogen-bond acceptors (Lipinski definition) is 5. The van der Waals surface area contributed by atoms with Crippen molar-refractivity contribution in [2.75, 3.05) is 35.8 Å². The van der Waals surface area contributed by atoms with Crippen molar-refractivity contribution >= 4 is 21.5 Å². The summed E-state index contributed by atoms with van der Waals surface area (Å²) in [6, 6.07) is 11.5. The van der Waals surface area contributed by atoms with Gasteiger partial charge in [-0.25, -0.2) is 26.6 Å². The van der Waals surface area contributed by atoms with E-state index in [1.54, 1.807) is 12.1 Å². The van der Waals surface area contributed by atoms with Crippen molar-refractivity contribution in [3.63, 3.8) is 0 Å². The fourth-order valence-corrected chi connectivity index (χ4v) is 4.53. The maximum absolute atomic E-state index is 13.9. The number of piperazine rings is 1. The summed E-state index contributed by atoms with van der Waals surface area (Å²) in [7, 11) is -3.84. The summed E-state index contributed by atoms with van der Waals surface area (Å²) in [4.78, 5) is 8.43. The van der Waals surface area contributed by atoms with E-state index in [9.17, 15) is 21.6 Å². The Morgan fingerprint density at radius 2 is 1.56 bits per heavy atom. The molecule has 2 heterocycles. The minimum atomic E-state index is -3.84. The Kier molecular flexibility index (Phi) is 6.33. The molecule has 0 spiro atoms. The van der Waals surface area contributed by atoms with Gasteiger partial charge in [-0.05, 0) is 42.5 Å². The number of benzene rings is 2. The highest BCUT2D eigenvalue weighted by Crippen LogP contribution is 2.20. The van der Waals surface area contributed by atoms with Crippen LogP contribution < -0.4 is 9.62 Å². The molecule has 168 valence electrons. The van der Waals surface area contributed by atoms with E-state index in [0.717, 1.165) is 18.2 Å². The van der Waals surface area contributed by atoms with Gasteiger partial charge in [-0.3, -0.25) is 9.62 Å². The average molecular weight is 462 g/mol. The van der Waals surface area contributed by atoms with Crippen molar-refractivity contribution in [1.82, 2.24) is 9.88 Å². The predicted octanol–water partition coefficient (Wildman–Crippen LogP) is 3.62. The molecule has 0 amide bonds. The Bertz CT molecular complexity index is 1180. The molecule has 2 aromatic carbocycles. The van der Waals surface area contributed by atoms with Gasteiger partial charge in [-0.15, -0.1) is 0 Å². The number of anilines is 2. The normalized spacial score (nSPS) is 15.0. The highest BCUT2D eigenvalue weighted by Gasteiger charge is 2.20. The van der Waals surface area contributed by atoms with E-state index in [1.165, 1.54) is 30.5 Å². The summed E-state index contributed by atoms with van der Waals surface area (Å²) in [5.41, 5.74) is 0.749. The first-order chi connectivity index (χ1) is 15.3. The number of rotatable bonds is 6.